The zero-order valence-electron chi connectivity index (χ0n) is 7.10. The van der Waals surface area contributed by atoms with Gasteiger partial charge < -0.3 is 10.0 Å². The molecule has 0 amide bonds. The van der Waals surface area contributed by atoms with Crippen molar-refractivity contribution in [2.45, 2.75) is 19.8 Å². The highest BCUT2D eigenvalue weighted by molar-refractivity contribution is 6.56. The summed E-state index contributed by atoms with van der Waals surface area (Å²) in [6.07, 6.45) is 1.52. The summed E-state index contributed by atoms with van der Waals surface area (Å²) in [6, 6.07) is 1.76. The van der Waals surface area contributed by atoms with E-state index in [9.17, 15) is 0 Å². The molecule has 64 valence electrons. The second-order valence-corrected chi connectivity index (χ2v) is 2.87. The van der Waals surface area contributed by atoms with Gasteiger partial charge >= 0.3 is 7.12 Å². The van der Waals surface area contributed by atoms with E-state index in [4.69, 9.17) is 10.0 Å². The van der Waals surface area contributed by atoms with Gasteiger partial charge in [-0.3, -0.25) is 0 Å². The van der Waals surface area contributed by atoms with Gasteiger partial charge in [0.2, 0.25) is 0 Å². The van der Waals surface area contributed by atoms with E-state index in [2.05, 4.69) is 9.97 Å². The van der Waals surface area contributed by atoms with Crippen LogP contribution >= 0.6 is 0 Å². The molecule has 0 bridgehead atoms. The van der Waals surface area contributed by atoms with Crippen molar-refractivity contribution >= 4 is 12.8 Å². The van der Waals surface area contributed by atoms with E-state index in [0.717, 1.165) is 5.69 Å². The van der Waals surface area contributed by atoms with E-state index >= 15 is 0 Å². The molecular weight excluding hydrogens is 155 g/mol. The van der Waals surface area contributed by atoms with Crippen molar-refractivity contribution in [3.05, 3.63) is 18.0 Å². The fourth-order valence-electron chi connectivity index (χ4n) is 0.834. The largest absolute Gasteiger partial charge is 0.528 e. The van der Waals surface area contributed by atoms with E-state index in [1.807, 2.05) is 13.8 Å². The highest BCUT2D eigenvalue weighted by Crippen LogP contribution is 2.07. The van der Waals surface area contributed by atoms with Crippen molar-refractivity contribution in [3.63, 3.8) is 0 Å². The molecule has 0 aliphatic carbocycles. The Labute approximate surface area is 71.4 Å². The predicted molar refractivity (Wildman–Crippen MR) is 45.9 cm³/mol. The Balaban J connectivity index is 2.96. The van der Waals surface area contributed by atoms with Crippen LogP contribution in [0.2, 0.25) is 0 Å². The molecule has 0 spiro atoms. The summed E-state index contributed by atoms with van der Waals surface area (Å²) >= 11 is 0. The first-order valence-corrected chi connectivity index (χ1v) is 3.80. The number of rotatable bonds is 2. The monoisotopic (exact) mass is 166 g/mol. The highest BCUT2D eigenvalue weighted by Gasteiger charge is 2.15. The average Bonchev–Trinajstić information content (AvgIpc) is 2.04. The molecule has 1 aromatic heterocycles. The van der Waals surface area contributed by atoms with E-state index in [0.29, 0.717) is 0 Å². The second kappa shape index (κ2) is 3.64. The zero-order chi connectivity index (χ0) is 9.14. The van der Waals surface area contributed by atoms with Crippen molar-refractivity contribution in [1.29, 1.82) is 0 Å². The molecule has 0 saturated heterocycles. The maximum absolute atomic E-state index is 8.76. The molecule has 0 unspecified atom stereocenters. The van der Waals surface area contributed by atoms with Gasteiger partial charge in [-0.2, -0.15) is 0 Å². The third kappa shape index (κ3) is 2.02. The number of nitrogens with zero attached hydrogens (tertiary/aromatic N) is 2. The van der Waals surface area contributed by atoms with E-state index in [1.165, 1.54) is 6.20 Å². The smallest absolute Gasteiger partial charge is 0.421 e. The molecule has 5 heteroatoms. The molecule has 0 atom stereocenters. The molecular formula is C7H11BN2O2. The Bertz CT molecular complexity index is 242. The van der Waals surface area contributed by atoms with Crippen LogP contribution < -0.4 is 5.72 Å². The van der Waals surface area contributed by atoms with Gasteiger partial charge in [-0.25, -0.2) is 9.97 Å². The van der Waals surface area contributed by atoms with Crippen LogP contribution in [0.15, 0.2) is 12.3 Å². The Morgan fingerprint density at radius 3 is 2.58 bits per heavy atom. The van der Waals surface area contributed by atoms with Crippen LogP contribution in [-0.4, -0.2) is 27.1 Å². The lowest BCUT2D eigenvalue weighted by atomic mass is 9.90. The van der Waals surface area contributed by atoms with Gasteiger partial charge in [0.1, 0.15) is 0 Å². The second-order valence-electron chi connectivity index (χ2n) is 2.87. The predicted octanol–water partition coefficient (Wildman–Crippen LogP) is -0.720. The van der Waals surface area contributed by atoms with Crippen LogP contribution in [-0.2, 0) is 0 Å². The van der Waals surface area contributed by atoms with Crippen molar-refractivity contribution in [3.8, 4) is 0 Å². The van der Waals surface area contributed by atoms with Crippen molar-refractivity contribution in [1.82, 2.24) is 9.97 Å². The zero-order valence-corrected chi connectivity index (χ0v) is 7.10. The standard InChI is InChI=1S/C7H11BN2O2/c1-5(2)6-3-4-9-7(10-6)8(11)12/h3-5,11-12H,1-2H3. The third-order valence-corrected chi connectivity index (χ3v) is 1.52. The summed E-state index contributed by atoms with van der Waals surface area (Å²) in [5.41, 5.74) is 0.870. The average molecular weight is 166 g/mol. The quantitative estimate of drug-likeness (QED) is 0.569. The molecule has 0 saturated carbocycles. The lowest BCUT2D eigenvalue weighted by Gasteiger charge is -2.04. The molecule has 12 heavy (non-hydrogen) atoms. The minimum Gasteiger partial charge on any atom is -0.421 e. The lowest BCUT2D eigenvalue weighted by molar-refractivity contribution is 0.422. The van der Waals surface area contributed by atoms with Crippen molar-refractivity contribution < 1.29 is 10.0 Å². The van der Waals surface area contributed by atoms with Crippen molar-refractivity contribution in [2.24, 2.45) is 0 Å². The van der Waals surface area contributed by atoms with Crippen LogP contribution in [0.1, 0.15) is 25.5 Å². The maximum Gasteiger partial charge on any atom is 0.528 e. The molecule has 1 rings (SSSR count). The summed E-state index contributed by atoms with van der Waals surface area (Å²) in [4.78, 5) is 7.67. The van der Waals surface area contributed by atoms with E-state index in [-0.39, 0.29) is 11.6 Å². The molecule has 0 radical (unpaired) electrons. The maximum atomic E-state index is 8.76. The molecule has 0 aromatic carbocycles. The van der Waals surface area contributed by atoms with Crippen molar-refractivity contribution in [2.75, 3.05) is 0 Å². The number of aromatic nitrogens is 2. The molecule has 0 aliphatic heterocycles. The van der Waals surface area contributed by atoms with Crippen LogP contribution in [0.25, 0.3) is 0 Å². The summed E-state index contributed by atoms with van der Waals surface area (Å²) in [7, 11) is -1.58. The molecule has 0 fully saturated rings. The van der Waals surface area contributed by atoms with Gasteiger partial charge in [-0.15, -0.1) is 0 Å². The minimum atomic E-state index is -1.58. The first-order chi connectivity index (χ1) is 5.61. The van der Waals surface area contributed by atoms with Gasteiger partial charge in [0.15, 0.2) is 5.72 Å². The molecule has 1 heterocycles. The van der Waals surface area contributed by atoms with Crippen LogP contribution in [0, 0.1) is 0 Å². The van der Waals surface area contributed by atoms with Crippen LogP contribution in [0.3, 0.4) is 0 Å². The first-order valence-electron chi connectivity index (χ1n) is 3.80. The summed E-state index contributed by atoms with van der Waals surface area (Å²) in [6.45, 7) is 3.96. The molecule has 1 aromatic rings. The Morgan fingerprint density at radius 1 is 1.42 bits per heavy atom. The number of hydrogen-bond acceptors (Lipinski definition) is 4. The van der Waals surface area contributed by atoms with Crippen LogP contribution in [0.4, 0.5) is 0 Å². The lowest BCUT2D eigenvalue weighted by Crippen LogP contribution is -2.36. The van der Waals surface area contributed by atoms with Gasteiger partial charge in [-0.05, 0) is 12.0 Å². The Morgan fingerprint density at radius 2 is 2.08 bits per heavy atom. The van der Waals surface area contributed by atoms with Gasteiger partial charge in [-0.1, -0.05) is 13.8 Å². The molecule has 2 N–H and O–H groups in total. The molecule has 4 nitrogen and oxygen atoms in total. The van der Waals surface area contributed by atoms with E-state index in [1.54, 1.807) is 6.07 Å². The van der Waals surface area contributed by atoms with E-state index < -0.39 is 7.12 Å². The normalized spacial score (nSPS) is 10.4. The van der Waals surface area contributed by atoms with Crippen LogP contribution in [0.5, 0.6) is 0 Å². The first kappa shape index (κ1) is 9.16. The third-order valence-electron chi connectivity index (χ3n) is 1.52. The number of hydrogen-bond donors (Lipinski definition) is 2. The topological polar surface area (TPSA) is 66.2 Å². The molecule has 0 aliphatic rings. The summed E-state index contributed by atoms with van der Waals surface area (Å²) < 4.78 is 0. The summed E-state index contributed by atoms with van der Waals surface area (Å²) in [5.74, 6) is 0.269. The Hall–Kier alpha value is -0.935. The minimum absolute atomic E-state index is 0.0567. The fourth-order valence-corrected chi connectivity index (χ4v) is 0.834. The SMILES string of the molecule is CC(C)c1ccnc(B(O)O)n1. The summed E-state index contributed by atoms with van der Waals surface area (Å²) in [5, 5.41) is 17.5. The van der Waals surface area contributed by atoms with Gasteiger partial charge in [0.05, 0.1) is 0 Å². The fraction of sp³-hybridized carbons (Fsp3) is 0.429. The Kier molecular flexibility index (Phi) is 2.78. The highest BCUT2D eigenvalue weighted by atomic mass is 16.4. The van der Waals surface area contributed by atoms with Gasteiger partial charge in [0, 0.05) is 11.9 Å². The van der Waals surface area contributed by atoms with Gasteiger partial charge in [0.25, 0.3) is 0 Å².